The second kappa shape index (κ2) is 7.38. The van der Waals surface area contributed by atoms with Gasteiger partial charge < -0.3 is 4.74 Å². The summed E-state index contributed by atoms with van der Waals surface area (Å²) in [5, 5.41) is 4.87. The van der Waals surface area contributed by atoms with E-state index < -0.39 is 0 Å². The maximum Gasteiger partial charge on any atom is 0.0896 e. The predicted molar refractivity (Wildman–Crippen MR) is 87.2 cm³/mol. The van der Waals surface area contributed by atoms with Crippen molar-refractivity contribution in [1.29, 1.82) is 0 Å². The van der Waals surface area contributed by atoms with Crippen molar-refractivity contribution >= 4 is 27.5 Å². The molecule has 21 heavy (non-hydrogen) atoms. The van der Waals surface area contributed by atoms with Crippen molar-refractivity contribution in [2.75, 3.05) is 13.7 Å². The van der Waals surface area contributed by atoms with Gasteiger partial charge in [0.25, 0.3) is 0 Å². The van der Waals surface area contributed by atoms with Crippen molar-refractivity contribution in [2.24, 2.45) is 5.84 Å². The maximum atomic E-state index is 6.31. The van der Waals surface area contributed by atoms with Crippen LogP contribution in [0, 0.1) is 6.92 Å². The fourth-order valence-corrected chi connectivity index (χ4v) is 2.88. The Morgan fingerprint density at radius 3 is 2.95 bits per heavy atom. The van der Waals surface area contributed by atoms with E-state index in [-0.39, 0.29) is 6.04 Å². The fraction of sp³-hybridized carbons (Fsp3) is 0.357. The second-order valence-electron chi connectivity index (χ2n) is 4.69. The molecular weight excluding hydrogens is 356 g/mol. The Morgan fingerprint density at radius 2 is 2.29 bits per heavy atom. The van der Waals surface area contributed by atoms with E-state index in [9.17, 15) is 0 Å². The van der Waals surface area contributed by atoms with Crippen LogP contribution in [-0.4, -0.2) is 23.5 Å². The molecule has 0 saturated heterocycles. The van der Waals surface area contributed by atoms with Crippen molar-refractivity contribution in [3.05, 3.63) is 50.7 Å². The third kappa shape index (κ3) is 3.64. The third-order valence-corrected chi connectivity index (χ3v) is 4.12. The number of hydrogen-bond donors (Lipinski definition) is 2. The summed E-state index contributed by atoms with van der Waals surface area (Å²) in [6.45, 7) is 3.21. The van der Waals surface area contributed by atoms with Crippen LogP contribution in [0.1, 0.15) is 22.9 Å². The molecule has 1 aromatic carbocycles. The minimum absolute atomic E-state index is 0.241. The smallest absolute Gasteiger partial charge is 0.0896 e. The van der Waals surface area contributed by atoms with Crippen LogP contribution in [0.15, 0.2) is 28.9 Å². The van der Waals surface area contributed by atoms with Gasteiger partial charge in [-0.25, -0.2) is 5.43 Å². The van der Waals surface area contributed by atoms with E-state index in [0.717, 1.165) is 21.3 Å². The van der Waals surface area contributed by atoms with Crippen molar-refractivity contribution in [1.82, 2.24) is 15.2 Å². The molecule has 3 N–H and O–H groups in total. The molecule has 0 bridgehead atoms. The van der Waals surface area contributed by atoms with Crippen molar-refractivity contribution in [3.63, 3.8) is 0 Å². The van der Waals surface area contributed by atoms with E-state index in [0.29, 0.717) is 18.2 Å². The molecule has 1 heterocycles. The maximum absolute atomic E-state index is 6.31. The molecule has 0 radical (unpaired) electrons. The number of benzene rings is 1. The molecule has 0 spiro atoms. The first-order valence-electron chi connectivity index (χ1n) is 6.50. The Balaban J connectivity index is 2.46. The molecular formula is C14H18BrClN4O. The number of hydrazine groups is 1. The summed E-state index contributed by atoms with van der Waals surface area (Å²) in [5.74, 6) is 5.79. The number of nitrogens with zero attached hydrogens (tertiary/aromatic N) is 2. The van der Waals surface area contributed by atoms with Crippen molar-refractivity contribution < 1.29 is 4.74 Å². The van der Waals surface area contributed by atoms with Crippen LogP contribution >= 0.6 is 27.5 Å². The normalized spacial score (nSPS) is 12.6. The number of ether oxygens (including phenoxy) is 1. The van der Waals surface area contributed by atoms with Gasteiger partial charge in [-0.05, 0) is 30.2 Å². The summed E-state index contributed by atoms with van der Waals surface area (Å²) < 4.78 is 7.91. The molecule has 2 rings (SSSR count). The summed E-state index contributed by atoms with van der Waals surface area (Å²) in [6.07, 6.45) is 1.63. The topological polar surface area (TPSA) is 65.1 Å². The first-order valence-corrected chi connectivity index (χ1v) is 7.68. The highest BCUT2D eigenvalue weighted by atomic mass is 79.9. The lowest BCUT2D eigenvalue weighted by atomic mass is 9.99. The third-order valence-electron chi connectivity index (χ3n) is 3.33. The van der Waals surface area contributed by atoms with E-state index in [1.54, 1.807) is 13.3 Å². The molecule has 2 aromatic rings. The molecule has 114 valence electrons. The number of aryl methyl sites for hydroxylation is 1. The summed E-state index contributed by atoms with van der Waals surface area (Å²) in [5.41, 5.74) is 5.84. The zero-order valence-corrected chi connectivity index (χ0v) is 14.3. The van der Waals surface area contributed by atoms with Crippen molar-refractivity contribution in [2.45, 2.75) is 19.5 Å². The molecule has 0 saturated carbocycles. The Bertz CT molecular complexity index is 617. The lowest BCUT2D eigenvalue weighted by molar-refractivity contribution is 0.182. The number of halogens is 2. The van der Waals surface area contributed by atoms with Crippen LogP contribution in [0.5, 0.6) is 0 Å². The highest BCUT2D eigenvalue weighted by Crippen LogP contribution is 2.31. The number of nitrogens with one attached hydrogen (secondary N) is 1. The molecule has 5 nitrogen and oxygen atoms in total. The summed E-state index contributed by atoms with van der Waals surface area (Å²) in [6, 6.07) is 5.82. The molecule has 7 heteroatoms. The number of rotatable bonds is 6. The Morgan fingerprint density at radius 1 is 1.52 bits per heavy atom. The quantitative estimate of drug-likeness (QED) is 0.604. The van der Waals surface area contributed by atoms with Crippen LogP contribution in [0.25, 0.3) is 0 Å². The zero-order valence-electron chi connectivity index (χ0n) is 11.9. The van der Waals surface area contributed by atoms with E-state index >= 15 is 0 Å². The summed E-state index contributed by atoms with van der Waals surface area (Å²) in [7, 11) is 1.65. The number of hydrogen-bond acceptors (Lipinski definition) is 4. The number of nitrogens with two attached hydrogens (primary N) is 1. The minimum atomic E-state index is -0.241. The van der Waals surface area contributed by atoms with Crippen LogP contribution < -0.4 is 11.3 Å². The second-order valence-corrected chi connectivity index (χ2v) is 6.02. The first-order chi connectivity index (χ1) is 10.1. The SMILES string of the molecule is COCCn1ncc(Cl)c1C(NN)c1cc(Br)ccc1C. The molecule has 0 aliphatic heterocycles. The monoisotopic (exact) mass is 372 g/mol. The zero-order chi connectivity index (χ0) is 15.4. The molecule has 0 amide bonds. The van der Waals surface area contributed by atoms with Gasteiger partial charge in [0, 0.05) is 11.6 Å². The van der Waals surface area contributed by atoms with Crippen LogP contribution in [0.3, 0.4) is 0 Å². The number of aromatic nitrogens is 2. The van der Waals surface area contributed by atoms with Gasteiger partial charge in [0.1, 0.15) is 0 Å². The molecule has 1 aromatic heterocycles. The average molecular weight is 374 g/mol. The Kier molecular flexibility index (Phi) is 5.78. The van der Waals surface area contributed by atoms with Crippen LogP contribution in [-0.2, 0) is 11.3 Å². The number of methoxy groups -OCH3 is 1. The Hall–Kier alpha value is -0.920. The van der Waals surface area contributed by atoms with Gasteiger partial charge in [-0.3, -0.25) is 10.5 Å². The van der Waals surface area contributed by atoms with Gasteiger partial charge in [-0.2, -0.15) is 5.10 Å². The van der Waals surface area contributed by atoms with E-state index in [2.05, 4.69) is 26.5 Å². The van der Waals surface area contributed by atoms with E-state index in [1.165, 1.54) is 0 Å². The van der Waals surface area contributed by atoms with Gasteiger partial charge in [-0.15, -0.1) is 0 Å². The summed E-state index contributed by atoms with van der Waals surface area (Å²) >= 11 is 9.80. The lowest BCUT2D eigenvalue weighted by Gasteiger charge is -2.21. The molecule has 1 unspecified atom stereocenters. The van der Waals surface area contributed by atoms with Gasteiger partial charge in [0.2, 0.25) is 0 Å². The molecule has 0 aliphatic carbocycles. The summed E-state index contributed by atoms with van der Waals surface area (Å²) in [4.78, 5) is 0. The van der Waals surface area contributed by atoms with Crippen LogP contribution in [0.2, 0.25) is 5.02 Å². The van der Waals surface area contributed by atoms with Crippen LogP contribution in [0.4, 0.5) is 0 Å². The highest BCUT2D eigenvalue weighted by Gasteiger charge is 2.22. The Labute approximate surface area is 137 Å². The van der Waals surface area contributed by atoms with Crippen molar-refractivity contribution in [3.8, 4) is 0 Å². The highest BCUT2D eigenvalue weighted by molar-refractivity contribution is 9.10. The minimum Gasteiger partial charge on any atom is -0.383 e. The first kappa shape index (κ1) is 16.5. The average Bonchev–Trinajstić information content (AvgIpc) is 2.83. The van der Waals surface area contributed by atoms with E-state index in [1.807, 2.05) is 29.8 Å². The standard InChI is InChI=1S/C14H18BrClN4O/c1-9-3-4-10(15)7-11(9)13(19-17)14-12(16)8-18-20(14)5-6-21-2/h3-4,7-8,13,19H,5-6,17H2,1-2H3. The predicted octanol–water partition coefficient (Wildman–Crippen LogP) is 2.81. The van der Waals surface area contributed by atoms with Gasteiger partial charge >= 0.3 is 0 Å². The molecule has 0 aliphatic rings. The van der Waals surface area contributed by atoms with Gasteiger partial charge in [-0.1, -0.05) is 33.6 Å². The molecule has 0 fully saturated rings. The fourth-order valence-electron chi connectivity index (χ4n) is 2.25. The van der Waals surface area contributed by atoms with Gasteiger partial charge in [0.15, 0.2) is 0 Å². The molecule has 1 atom stereocenters. The van der Waals surface area contributed by atoms with Gasteiger partial charge in [0.05, 0.1) is 36.1 Å². The largest absolute Gasteiger partial charge is 0.383 e. The van der Waals surface area contributed by atoms with E-state index in [4.69, 9.17) is 22.2 Å². The lowest BCUT2D eigenvalue weighted by Crippen LogP contribution is -2.31.